The van der Waals surface area contributed by atoms with E-state index in [2.05, 4.69) is 0 Å². The van der Waals surface area contributed by atoms with E-state index >= 15 is 0 Å². The highest BCUT2D eigenvalue weighted by Crippen LogP contribution is 2.36. The van der Waals surface area contributed by atoms with Gasteiger partial charge in [-0.1, -0.05) is 41.4 Å². The molecule has 1 amide bonds. The molecular formula is C18H19Cl2NO3. The van der Waals surface area contributed by atoms with E-state index in [1.54, 1.807) is 30.1 Å². The summed E-state index contributed by atoms with van der Waals surface area (Å²) in [5.74, 6) is 0.684. The van der Waals surface area contributed by atoms with Gasteiger partial charge < -0.3 is 14.4 Å². The molecule has 0 unspecified atom stereocenters. The summed E-state index contributed by atoms with van der Waals surface area (Å²) in [6.45, 7) is 2.70. The molecule has 0 aromatic heterocycles. The fourth-order valence-electron chi connectivity index (χ4n) is 2.30. The highest BCUT2D eigenvalue weighted by atomic mass is 35.5. The standard InChI is InChI=1S/C18H19Cl2NO3/c1-4-24-17-15(20)9-13(10-16(17)23-3)18(22)21(2)11-12-7-5-6-8-14(12)19/h5-10H,4,11H2,1-3H3. The zero-order valence-electron chi connectivity index (χ0n) is 13.8. The van der Waals surface area contributed by atoms with Crippen LogP contribution in [0.1, 0.15) is 22.8 Å². The van der Waals surface area contributed by atoms with Crippen LogP contribution in [-0.4, -0.2) is 31.6 Å². The van der Waals surface area contributed by atoms with Crippen LogP contribution in [0, 0.1) is 0 Å². The van der Waals surface area contributed by atoms with Gasteiger partial charge in [-0.25, -0.2) is 0 Å². The molecule has 2 rings (SSSR count). The number of hydrogen-bond acceptors (Lipinski definition) is 3. The lowest BCUT2D eigenvalue weighted by Gasteiger charge is -2.19. The summed E-state index contributed by atoms with van der Waals surface area (Å²) >= 11 is 12.4. The van der Waals surface area contributed by atoms with Crippen LogP contribution >= 0.6 is 23.2 Å². The minimum atomic E-state index is -0.182. The number of hydrogen-bond donors (Lipinski definition) is 0. The number of amides is 1. The third-order valence-corrected chi connectivity index (χ3v) is 4.13. The average Bonchev–Trinajstić information content (AvgIpc) is 2.57. The van der Waals surface area contributed by atoms with Crippen molar-refractivity contribution in [2.24, 2.45) is 0 Å². The quantitative estimate of drug-likeness (QED) is 0.744. The number of ether oxygens (including phenoxy) is 2. The number of carbonyl (C=O) groups is 1. The van der Waals surface area contributed by atoms with Crippen molar-refractivity contribution in [2.75, 3.05) is 20.8 Å². The largest absolute Gasteiger partial charge is 0.493 e. The van der Waals surface area contributed by atoms with Crippen LogP contribution in [0.15, 0.2) is 36.4 Å². The first kappa shape index (κ1) is 18.4. The van der Waals surface area contributed by atoms with Gasteiger partial charge in [-0.15, -0.1) is 0 Å². The Labute approximate surface area is 151 Å². The van der Waals surface area contributed by atoms with Crippen LogP contribution in [0.4, 0.5) is 0 Å². The lowest BCUT2D eigenvalue weighted by molar-refractivity contribution is 0.0784. The lowest BCUT2D eigenvalue weighted by atomic mass is 10.1. The predicted octanol–water partition coefficient (Wildman–Crippen LogP) is 4.67. The van der Waals surface area contributed by atoms with Gasteiger partial charge in [-0.3, -0.25) is 4.79 Å². The predicted molar refractivity (Wildman–Crippen MR) is 96.4 cm³/mol. The van der Waals surface area contributed by atoms with Crippen LogP contribution in [0.25, 0.3) is 0 Å². The molecular weight excluding hydrogens is 349 g/mol. The van der Waals surface area contributed by atoms with Gasteiger partial charge in [0, 0.05) is 24.2 Å². The van der Waals surface area contributed by atoms with E-state index in [0.717, 1.165) is 5.56 Å². The van der Waals surface area contributed by atoms with Gasteiger partial charge in [0.05, 0.1) is 18.7 Å². The first-order valence-electron chi connectivity index (χ1n) is 7.47. The molecule has 0 aliphatic carbocycles. The Morgan fingerprint density at radius 1 is 1.17 bits per heavy atom. The molecule has 0 spiro atoms. The Morgan fingerprint density at radius 3 is 2.50 bits per heavy atom. The highest BCUT2D eigenvalue weighted by Gasteiger charge is 2.19. The number of nitrogens with zero attached hydrogens (tertiary/aromatic N) is 1. The maximum atomic E-state index is 12.7. The topological polar surface area (TPSA) is 38.8 Å². The van der Waals surface area contributed by atoms with Gasteiger partial charge in [0.1, 0.15) is 0 Å². The molecule has 0 heterocycles. The Balaban J connectivity index is 2.25. The highest BCUT2D eigenvalue weighted by molar-refractivity contribution is 6.32. The smallest absolute Gasteiger partial charge is 0.254 e. The minimum Gasteiger partial charge on any atom is -0.493 e. The molecule has 0 bridgehead atoms. The SMILES string of the molecule is CCOc1c(Cl)cc(C(=O)N(C)Cc2ccccc2Cl)cc1OC. The number of benzene rings is 2. The molecule has 0 saturated carbocycles. The zero-order chi connectivity index (χ0) is 17.7. The van der Waals surface area contributed by atoms with Gasteiger partial charge in [0.15, 0.2) is 11.5 Å². The van der Waals surface area contributed by atoms with E-state index in [9.17, 15) is 4.79 Å². The summed E-state index contributed by atoms with van der Waals surface area (Å²) in [5, 5.41) is 0.963. The number of rotatable bonds is 6. The number of halogens is 2. The molecule has 0 atom stereocenters. The molecule has 0 aliphatic rings. The van der Waals surface area contributed by atoms with Crippen LogP contribution in [0.5, 0.6) is 11.5 Å². The van der Waals surface area contributed by atoms with Crippen molar-refractivity contribution in [3.63, 3.8) is 0 Å². The maximum Gasteiger partial charge on any atom is 0.254 e. The van der Waals surface area contributed by atoms with Gasteiger partial charge in [0.2, 0.25) is 0 Å². The molecule has 24 heavy (non-hydrogen) atoms. The first-order valence-corrected chi connectivity index (χ1v) is 8.22. The minimum absolute atomic E-state index is 0.182. The lowest BCUT2D eigenvalue weighted by Crippen LogP contribution is -2.26. The Morgan fingerprint density at radius 2 is 1.88 bits per heavy atom. The van der Waals surface area contributed by atoms with Crippen molar-refractivity contribution in [2.45, 2.75) is 13.5 Å². The zero-order valence-corrected chi connectivity index (χ0v) is 15.3. The van der Waals surface area contributed by atoms with Crippen LogP contribution in [0.3, 0.4) is 0 Å². The second kappa shape index (κ2) is 8.27. The molecule has 2 aromatic rings. The molecule has 2 aromatic carbocycles. The Kier molecular flexibility index (Phi) is 6.35. The Hall–Kier alpha value is -1.91. The van der Waals surface area contributed by atoms with Crippen molar-refractivity contribution < 1.29 is 14.3 Å². The molecule has 0 N–H and O–H groups in total. The van der Waals surface area contributed by atoms with Crippen molar-refractivity contribution in [3.05, 3.63) is 57.6 Å². The summed E-state index contributed by atoms with van der Waals surface area (Å²) in [6.07, 6.45) is 0. The molecule has 0 fully saturated rings. The van der Waals surface area contributed by atoms with E-state index in [0.29, 0.717) is 40.3 Å². The summed E-state index contributed by atoms with van der Waals surface area (Å²) in [6, 6.07) is 10.6. The summed E-state index contributed by atoms with van der Waals surface area (Å²) in [5.41, 5.74) is 1.30. The van der Waals surface area contributed by atoms with Crippen molar-refractivity contribution >= 4 is 29.1 Å². The number of carbonyl (C=O) groups excluding carboxylic acids is 1. The third-order valence-electron chi connectivity index (χ3n) is 3.48. The maximum absolute atomic E-state index is 12.7. The average molecular weight is 368 g/mol. The molecule has 0 saturated heterocycles. The Bertz CT molecular complexity index is 734. The van der Waals surface area contributed by atoms with Crippen molar-refractivity contribution in [3.8, 4) is 11.5 Å². The second-order valence-electron chi connectivity index (χ2n) is 5.18. The van der Waals surface area contributed by atoms with Gasteiger partial charge in [0.25, 0.3) is 5.91 Å². The van der Waals surface area contributed by atoms with Crippen molar-refractivity contribution in [1.29, 1.82) is 0 Å². The first-order chi connectivity index (χ1) is 11.5. The van der Waals surface area contributed by atoms with Gasteiger partial charge >= 0.3 is 0 Å². The number of methoxy groups -OCH3 is 1. The fourth-order valence-corrected chi connectivity index (χ4v) is 2.76. The van der Waals surface area contributed by atoms with Crippen LogP contribution < -0.4 is 9.47 Å². The normalized spacial score (nSPS) is 10.4. The molecule has 6 heteroatoms. The van der Waals surface area contributed by atoms with Crippen LogP contribution in [0.2, 0.25) is 10.0 Å². The van der Waals surface area contributed by atoms with E-state index < -0.39 is 0 Å². The summed E-state index contributed by atoms with van der Waals surface area (Å²) in [7, 11) is 3.22. The van der Waals surface area contributed by atoms with E-state index in [1.165, 1.54) is 7.11 Å². The van der Waals surface area contributed by atoms with E-state index in [4.69, 9.17) is 32.7 Å². The molecule has 4 nitrogen and oxygen atoms in total. The molecule has 0 aliphatic heterocycles. The van der Waals surface area contributed by atoms with E-state index in [1.807, 2.05) is 25.1 Å². The monoisotopic (exact) mass is 367 g/mol. The molecule has 128 valence electrons. The molecule has 0 radical (unpaired) electrons. The van der Waals surface area contributed by atoms with Crippen molar-refractivity contribution in [1.82, 2.24) is 4.90 Å². The van der Waals surface area contributed by atoms with Gasteiger partial charge in [-0.2, -0.15) is 0 Å². The van der Waals surface area contributed by atoms with Crippen LogP contribution in [-0.2, 0) is 6.54 Å². The fraction of sp³-hybridized carbons (Fsp3) is 0.278. The second-order valence-corrected chi connectivity index (χ2v) is 5.99. The van der Waals surface area contributed by atoms with Gasteiger partial charge in [-0.05, 0) is 30.7 Å². The summed E-state index contributed by atoms with van der Waals surface area (Å²) < 4.78 is 10.8. The van der Waals surface area contributed by atoms with E-state index in [-0.39, 0.29) is 5.91 Å². The summed E-state index contributed by atoms with van der Waals surface area (Å²) in [4.78, 5) is 14.3. The third kappa shape index (κ3) is 4.13.